The molecule has 0 radical (unpaired) electrons. The number of carbonyl (C=O) groups is 1. The highest BCUT2D eigenvalue weighted by Crippen LogP contribution is 2.30. The van der Waals surface area contributed by atoms with Crippen LogP contribution in [0.15, 0.2) is 51.9 Å². The van der Waals surface area contributed by atoms with Crippen molar-refractivity contribution >= 4 is 28.1 Å². The van der Waals surface area contributed by atoms with Crippen molar-refractivity contribution in [2.45, 2.75) is 27.7 Å². The fourth-order valence-electron chi connectivity index (χ4n) is 3.01. The molecule has 0 bridgehead atoms. The van der Waals surface area contributed by atoms with Gasteiger partial charge in [-0.25, -0.2) is 4.99 Å². The Morgan fingerprint density at radius 3 is 2.42 bits per heavy atom. The van der Waals surface area contributed by atoms with E-state index in [0.29, 0.717) is 6.61 Å². The normalized spacial score (nSPS) is 11.6. The minimum absolute atomic E-state index is 0.0977. The van der Waals surface area contributed by atoms with E-state index in [2.05, 4.69) is 5.32 Å². The molecule has 3 aromatic rings. The summed E-state index contributed by atoms with van der Waals surface area (Å²) in [7, 11) is 0. The number of hydrogen-bond acceptors (Lipinski definition) is 4. The van der Waals surface area contributed by atoms with Gasteiger partial charge in [0.2, 0.25) is 5.91 Å². The van der Waals surface area contributed by atoms with Crippen LogP contribution >= 0.6 is 0 Å². The van der Waals surface area contributed by atoms with Gasteiger partial charge in [-0.3, -0.25) is 4.79 Å². The molecule has 0 fully saturated rings. The Bertz CT molecular complexity index is 1020. The van der Waals surface area contributed by atoms with Crippen molar-refractivity contribution in [3.05, 3.63) is 59.3 Å². The van der Waals surface area contributed by atoms with Crippen molar-refractivity contribution in [2.75, 3.05) is 11.9 Å². The lowest BCUT2D eigenvalue weighted by atomic mass is 10.2. The molecule has 2 aromatic carbocycles. The summed E-state index contributed by atoms with van der Waals surface area (Å²) in [4.78, 5) is 15.9. The van der Waals surface area contributed by atoms with E-state index < -0.39 is 0 Å². The molecule has 134 valence electrons. The maximum Gasteiger partial charge on any atom is 0.221 e. The molecule has 5 heteroatoms. The molecule has 0 unspecified atom stereocenters. The molecular weight excluding hydrogens is 328 g/mol. The van der Waals surface area contributed by atoms with Crippen LogP contribution in [0.3, 0.4) is 0 Å². The highest BCUT2D eigenvalue weighted by molar-refractivity contribution is 5.91. The molecule has 1 amide bonds. The molecule has 26 heavy (non-hydrogen) atoms. The first-order valence-corrected chi connectivity index (χ1v) is 8.57. The summed E-state index contributed by atoms with van der Waals surface area (Å²) in [6, 6.07) is 13.2. The fraction of sp³-hybridized carbons (Fsp3) is 0.238. The van der Waals surface area contributed by atoms with Crippen molar-refractivity contribution in [2.24, 2.45) is 4.99 Å². The average molecular weight is 350 g/mol. The molecule has 0 aliphatic heterocycles. The van der Waals surface area contributed by atoms with Crippen molar-refractivity contribution in [1.29, 1.82) is 0 Å². The predicted octanol–water partition coefficient (Wildman–Crippen LogP) is 4.64. The van der Waals surface area contributed by atoms with E-state index in [-0.39, 0.29) is 5.91 Å². The van der Waals surface area contributed by atoms with E-state index in [1.807, 2.05) is 63.2 Å². The number of hydrogen-bond donors (Lipinski definition) is 1. The number of nitrogens with zero attached hydrogens (tertiary/aromatic N) is 1. The summed E-state index contributed by atoms with van der Waals surface area (Å²) in [6.45, 7) is 7.90. The number of ether oxygens (including phenoxy) is 1. The monoisotopic (exact) mass is 350 g/mol. The Hall–Kier alpha value is -3.08. The number of anilines is 1. The van der Waals surface area contributed by atoms with Crippen LogP contribution < -0.4 is 15.4 Å². The summed E-state index contributed by atoms with van der Waals surface area (Å²) < 4.78 is 11.6. The SMILES string of the molecule is CCOc1cccc(=Nc2ccc(NC(C)=O)cc2)c2c(C)oc(C)c12. The van der Waals surface area contributed by atoms with Gasteiger partial charge in [-0.1, -0.05) is 6.07 Å². The molecule has 1 aromatic heterocycles. The molecule has 0 aliphatic carbocycles. The predicted molar refractivity (Wildman–Crippen MR) is 103 cm³/mol. The number of benzene rings is 1. The van der Waals surface area contributed by atoms with Crippen LogP contribution in [0, 0.1) is 13.8 Å². The maximum atomic E-state index is 11.1. The lowest BCUT2D eigenvalue weighted by Crippen LogP contribution is -2.05. The van der Waals surface area contributed by atoms with Crippen molar-refractivity contribution < 1.29 is 13.9 Å². The van der Waals surface area contributed by atoms with Gasteiger partial charge in [0.05, 0.1) is 28.4 Å². The molecule has 0 aliphatic rings. The van der Waals surface area contributed by atoms with Gasteiger partial charge in [0.25, 0.3) is 0 Å². The molecule has 5 nitrogen and oxygen atoms in total. The summed E-state index contributed by atoms with van der Waals surface area (Å²) in [6.07, 6.45) is 0. The molecule has 1 heterocycles. The standard InChI is InChI=1S/C21H22N2O3/c1-5-25-19-8-6-7-18(20-13(2)26-14(3)21(19)20)23-17-11-9-16(10-12-17)22-15(4)24/h6-12H,5H2,1-4H3,(H,22,24). The summed E-state index contributed by atoms with van der Waals surface area (Å²) in [5, 5.41) is 5.46. The highest BCUT2D eigenvalue weighted by Gasteiger charge is 2.13. The number of aryl methyl sites for hydroxylation is 2. The van der Waals surface area contributed by atoms with Crippen LogP contribution in [0.2, 0.25) is 0 Å². The molecule has 3 rings (SSSR count). The van der Waals surface area contributed by atoms with E-state index in [1.54, 1.807) is 0 Å². The van der Waals surface area contributed by atoms with E-state index in [0.717, 1.165) is 44.8 Å². The fourth-order valence-corrected chi connectivity index (χ4v) is 3.01. The largest absolute Gasteiger partial charge is 0.493 e. The molecule has 0 atom stereocenters. The third kappa shape index (κ3) is 3.61. The Morgan fingerprint density at radius 2 is 1.77 bits per heavy atom. The summed E-state index contributed by atoms with van der Waals surface area (Å²) >= 11 is 0. The number of furan rings is 1. The van der Waals surface area contributed by atoms with Gasteiger partial charge in [-0.2, -0.15) is 0 Å². The number of amides is 1. The number of nitrogens with one attached hydrogen (secondary N) is 1. The number of carbonyl (C=O) groups excluding carboxylic acids is 1. The smallest absolute Gasteiger partial charge is 0.221 e. The molecular formula is C21H22N2O3. The van der Waals surface area contributed by atoms with Gasteiger partial charge in [-0.05, 0) is 57.2 Å². The first kappa shape index (κ1) is 17.7. The second-order valence-electron chi connectivity index (χ2n) is 6.01. The van der Waals surface area contributed by atoms with Crippen LogP contribution in [-0.2, 0) is 4.79 Å². The number of fused-ring (bicyclic) bond motifs is 1. The van der Waals surface area contributed by atoms with Gasteiger partial charge >= 0.3 is 0 Å². The van der Waals surface area contributed by atoms with Crippen LogP contribution in [0.4, 0.5) is 11.4 Å². The van der Waals surface area contributed by atoms with E-state index >= 15 is 0 Å². The van der Waals surface area contributed by atoms with E-state index in [4.69, 9.17) is 14.1 Å². The minimum Gasteiger partial charge on any atom is -0.493 e. The van der Waals surface area contributed by atoms with Crippen LogP contribution in [0.5, 0.6) is 5.75 Å². The van der Waals surface area contributed by atoms with Gasteiger partial charge in [-0.15, -0.1) is 0 Å². The molecule has 0 saturated carbocycles. The van der Waals surface area contributed by atoms with E-state index in [9.17, 15) is 4.79 Å². The third-order valence-corrected chi connectivity index (χ3v) is 4.00. The second kappa shape index (κ2) is 7.44. The van der Waals surface area contributed by atoms with E-state index in [1.165, 1.54) is 6.92 Å². The lowest BCUT2D eigenvalue weighted by Gasteiger charge is -2.02. The third-order valence-electron chi connectivity index (χ3n) is 4.00. The zero-order valence-corrected chi connectivity index (χ0v) is 15.4. The van der Waals surface area contributed by atoms with Crippen LogP contribution in [0.25, 0.3) is 10.8 Å². The maximum absolute atomic E-state index is 11.1. The van der Waals surface area contributed by atoms with Gasteiger partial charge in [0.15, 0.2) is 0 Å². The summed E-state index contributed by atoms with van der Waals surface area (Å²) in [5.41, 5.74) is 1.54. The number of rotatable bonds is 4. The highest BCUT2D eigenvalue weighted by atomic mass is 16.5. The molecule has 0 spiro atoms. The Balaban J connectivity index is 2.17. The Labute approximate surface area is 152 Å². The quantitative estimate of drug-likeness (QED) is 0.745. The zero-order valence-electron chi connectivity index (χ0n) is 15.4. The second-order valence-corrected chi connectivity index (χ2v) is 6.01. The molecule has 1 N–H and O–H groups in total. The van der Waals surface area contributed by atoms with Crippen LogP contribution in [-0.4, -0.2) is 12.5 Å². The minimum atomic E-state index is -0.0977. The first-order valence-electron chi connectivity index (χ1n) is 8.57. The van der Waals surface area contributed by atoms with Gasteiger partial charge in [0, 0.05) is 12.6 Å². The Morgan fingerprint density at radius 1 is 1.08 bits per heavy atom. The van der Waals surface area contributed by atoms with Crippen LogP contribution in [0.1, 0.15) is 25.4 Å². The molecule has 0 saturated heterocycles. The topological polar surface area (TPSA) is 63.8 Å². The van der Waals surface area contributed by atoms with Gasteiger partial charge < -0.3 is 14.5 Å². The lowest BCUT2D eigenvalue weighted by molar-refractivity contribution is -0.114. The average Bonchev–Trinajstić information content (AvgIpc) is 2.76. The van der Waals surface area contributed by atoms with Crippen molar-refractivity contribution in [1.82, 2.24) is 0 Å². The first-order chi connectivity index (χ1) is 12.5. The zero-order chi connectivity index (χ0) is 18.7. The Kier molecular flexibility index (Phi) is 5.07. The summed E-state index contributed by atoms with van der Waals surface area (Å²) in [5.74, 6) is 2.32. The van der Waals surface area contributed by atoms with Crippen molar-refractivity contribution in [3.8, 4) is 5.75 Å². The van der Waals surface area contributed by atoms with Crippen molar-refractivity contribution in [3.63, 3.8) is 0 Å². The van der Waals surface area contributed by atoms with Gasteiger partial charge in [0.1, 0.15) is 17.3 Å².